The number of carbonyl (C=O) groups excluding carboxylic acids is 2. The summed E-state index contributed by atoms with van der Waals surface area (Å²) < 4.78 is 17.7. The van der Waals surface area contributed by atoms with Gasteiger partial charge in [-0.3, -0.25) is 14.2 Å². The van der Waals surface area contributed by atoms with E-state index in [0.717, 1.165) is 22.3 Å². The van der Waals surface area contributed by atoms with Gasteiger partial charge in [-0.2, -0.15) is 0 Å². The summed E-state index contributed by atoms with van der Waals surface area (Å²) in [5.74, 6) is 0.0969. The second kappa shape index (κ2) is 8.57. The second-order valence-corrected chi connectivity index (χ2v) is 7.05. The minimum absolute atomic E-state index is 0.141. The molecule has 31 heavy (non-hydrogen) atoms. The number of para-hydroxylation sites is 1. The van der Waals surface area contributed by atoms with E-state index in [1.54, 1.807) is 50.9 Å². The standard InChI is InChI=1S/C24H22N2O5/c1-15(27)31-20-9-5-4-7-18(20)24(28)26-14-19(17-8-6-12-25-23(17)26)16-10-11-21(29-2)22(13-16)30-3/h4-10,12-14,21H,11H2,1-3H3. The number of esters is 1. The maximum atomic E-state index is 13.4. The van der Waals surface area contributed by atoms with Crippen molar-refractivity contribution in [3.8, 4) is 5.75 Å². The highest BCUT2D eigenvalue weighted by molar-refractivity contribution is 6.06. The van der Waals surface area contributed by atoms with E-state index in [4.69, 9.17) is 14.2 Å². The molecule has 1 atom stereocenters. The van der Waals surface area contributed by atoms with Crippen LogP contribution in [0.3, 0.4) is 0 Å². The van der Waals surface area contributed by atoms with E-state index in [1.807, 2.05) is 18.2 Å². The Balaban J connectivity index is 1.82. The average molecular weight is 418 g/mol. The van der Waals surface area contributed by atoms with Crippen molar-refractivity contribution in [3.05, 3.63) is 77.8 Å². The largest absolute Gasteiger partial charge is 0.498 e. The quantitative estimate of drug-likeness (QED) is 0.461. The van der Waals surface area contributed by atoms with E-state index < -0.39 is 5.97 Å². The summed E-state index contributed by atoms with van der Waals surface area (Å²) in [5, 5.41) is 0.828. The molecule has 158 valence electrons. The first-order valence-electron chi connectivity index (χ1n) is 9.80. The van der Waals surface area contributed by atoms with Gasteiger partial charge in [0.25, 0.3) is 5.91 Å². The monoisotopic (exact) mass is 418 g/mol. The molecule has 7 nitrogen and oxygen atoms in total. The molecule has 0 spiro atoms. The Hall–Kier alpha value is -3.71. The molecule has 1 aliphatic rings. The second-order valence-electron chi connectivity index (χ2n) is 7.05. The Kier molecular flexibility index (Phi) is 5.68. The van der Waals surface area contributed by atoms with E-state index in [2.05, 4.69) is 11.1 Å². The molecule has 3 aromatic rings. The number of carbonyl (C=O) groups is 2. The Morgan fingerprint density at radius 3 is 2.68 bits per heavy atom. The van der Waals surface area contributed by atoms with E-state index in [0.29, 0.717) is 12.1 Å². The number of methoxy groups -OCH3 is 2. The van der Waals surface area contributed by atoms with Crippen LogP contribution in [0.1, 0.15) is 29.3 Å². The van der Waals surface area contributed by atoms with Gasteiger partial charge in [-0.1, -0.05) is 18.2 Å². The highest BCUT2D eigenvalue weighted by Gasteiger charge is 2.24. The van der Waals surface area contributed by atoms with Crippen LogP contribution in [0, 0.1) is 0 Å². The molecule has 7 heteroatoms. The van der Waals surface area contributed by atoms with Crippen LogP contribution in [-0.2, 0) is 14.3 Å². The lowest BCUT2D eigenvalue weighted by molar-refractivity contribution is -0.131. The molecule has 1 aliphatic carbocycles. The number of benzene rings is 1. The zero-order valence-electron chi connectivity index (χ0n) is 17.5. The van der Waals surface area contributed by atoms with Crippen molar-refractivity contribution in [2.45, 2.75) is 19.4 Å². The molecule has 0 saturated heterocycles. The van der Waals surface area contributed by atoms with Gasteiger partial charge >= 0.3 is 5.97 Å². The fraction of sp³-hybridized carbons (Fsp3) is 0.208. The molecule has 0 saturated carbocycles. The van der Waals surface area contributed by atoms with Crippen molar-refractivity contribution in [1.29, 1.82) is 0 Å². The normalized spacial score (nSPS) is 15.9. The molecule has 0 N–H and O–H groups in total. The van der Waals surface area contributed by atoms with Gasteiger partial charge in [-0.15, -0.1) is 0 Å². The SMILES string of the molecule is COC1=CC(c2cn(C(=O)c3ccccc3OC(C)=O)c3ncccc23)=CCC1OC. The first-order valence-corrected chi connectivity index (χ1v) is 9.80. The summed E-state index contributed by atoms with van der Waals surface area (Å²) >= 11 is 0. The van der Waals surface area contributed by atoms with Crippen molar-refractivity contribution < 1.29 is 23.8 Å². The summed E-state index contributed by atoms with van der Waals surface area (Å²) in [6.45, 7) is 1.30. The zero-order chi connectivity index (χ0) is 22.0. The van der Waals surface area contributed by atoms with Gasteiger partial charge in [0.2, 0.25) is 0 Å². The van der Waals surface area contributed by atoms with Crippen LogP contribution in [0.15, 0.2) is 66.7 Å². The predicted octanol–water partition coefficient (Wildman–Crippen LogP) is 3.98. The van der Waals surface area contributed by atoms with Crippen LogP contribution < -0.4 is 4.74 Å². The van der Waals surface area contributed by atoms with Gasteiger partial charge in [0.15, 0.2) is 0 Å². The molecule has 1 aromatic carbocycles. The Bertz CT molecular complexity index is 1220. The molecule has 1 unspecified atom stereocenters. The third-order valence-electron chi connectivity index (χ3n) is 5.15. The molecule has 4 rings (SSSR count). The maximum Gasteiger partial charge on any atom is 0.308 e. The van der Waals surface area contributed by atoms with Crippen molar-refractivity contribution in [3.63, 3.8) is 0 Å². The van der Waals surface area contributed by atoms with Crippen LogP contribution in [0.25, 0.3) is 16.6 Å². The molecule has 0 bridgehead atoms. The highest BCUT2D eigenvalue weighted by Crippen LogP contribution is 2.33. The third-order valence-corrected chi connectivity index (χ3v) is 5.15. The van der Waals surface area contributed by atoms with E-state index >= 15 is 0 Å². The maximum absolute atomic E-state index is 13.4. The number of allylic oxidation sites excluding steroid dienone is 2. The summed E-state index contributed by atoms with van der Waals surface area (Å²) in [7, 11) is 3.26. The number of pyridine rings is 1. The number of nitrogens with zero attached hydrogens (tertiary/aromatic N) is 2. The van der Waals surface area contributed by atoms with Gasteiger partial charge in [0, 0.05) is 37.4 Å². The fourth-order valence-electron chi connectivity index (χ4n) is 3.71. The fourth-order valence-corrected chi connectivity index (χ4v) is 3.71. The third kappa shape index (κ3) is 3.87. The van der Waals surface area contributed by atoms with Crippen LogP contribution in [0.5, 0.6) is 5.75 Å². The Morgan fingerprint density at radius 1 is 1.13 bits per heavy atom. The smallest absolute Gasteiger partial charge is 0.308 e. The average Bonchev–Trinajstić information content (AvgIpc) is 3.18. The number of rotatable bonds is 5. The Labute approximate surface area is 179 Å². The number of hydrogen-bond acceptors (Lipinski definition) is 6. The molecule has 0 amide bonds. The van der Waals surface area contributed by atoms with Crippen LogP contribution in [0.4, 0.5) is 0 Å². The van der Waals surface area contributed by atoms with Crippen molar-refractivity contribution in [2.75, 3.05) is 14.2 Å². The van der Waals surface area contributed by atoms with Crippen LogP contribution >= 0.6 is 0 Å². The summed E-state index contributed by atoms with van der Waals surface area (Å²) in [4.78, 5) is 29.3. The van der Waals surface area contributed by atoms with Gasteiger partial charge in [0.05, 0.1) is 12.7 Å². The first-order chi connectivity index (χ1) is 15.0. The Morgan fingerprint density at radius 2 is 1.94 bits per heavy atom. The van der Waals surface area contributed by atoms with Crippen LogP contribution in [0.2, 0.25) is 0 Å². The molecule has 2 aromatic heterocycles. The number of hydrogen-bond donors (Lipinski definition) is 0. The summed E-state index contributed by atoms with van der Waals surface area (Å²) in [6.07, 6.45) is 7.88. The zero-order valence-corrected chi connectivity index (χ0v) is 17.5. The summed E-state index contributed by atoms with van der Waals surface area (Å²) in [5.41, 5.74) is 2.56. The molecular weight excluding hydrogens is 396 g/mol. The minimum Gasteiger partial charge on any atom is -0.498 e. The van der Waals surface area contributed by atoms with Gasteiger partial charge in [-0.05, 0) is 42.3 Å². The predicted molar refractivity (Wildman–Crippen MR) is 116 cm³/mol. The van der Waals surface area contributed by atoms with Gasteiger partial charge in [-0.25, -0.2) is 4.98 Å². The molecular formula is C24H22N2O5. The topological polar surface area (TPSA) is 79.7 Å². The van der Waals surface area contributed by atoms with E-state index in [-0.39, 0.29) is 23.3 Å². The molecule has 0 aliphatic heterocycles. The van der Waals surface area contributed by atoms with Crippen LogP contribution in [-0.4, -0.2) is 41.8 Å². The lowest BCUT2D eigenvalue weighted by Gasteiger charge is -2.21. The van der Waals surface area contributed by atoms with Crippen molar-refractivity contribution >= 4 is 28.5 Å². The van der Waals surface area contributed by atoms with Gasteiger partial charge in [0.1, 0.15) is 23.3 Å². The number of aromatic nitrogens is 2. The van der Waals surface area contributed by atoms with Crippen molar-refractivity contribution in [1.82, 2.24) is 9.55 Å². The number of fused-ring (bicyclic) bond motifs is 1. The first kappa shape index (κ1) is 20.6. The molecule has 0 radical (unpaired) electrons. The van der Waals surface area contributed by atoms with E-state index in [1.165, 1.54) is 11.5 Å². The highest BCUT2D eigenvalue weighted by atomic mass is 16.5. The molecule has 0 fully saturated rings. The van der Waals surface area contributed by atoms with Crippen molar-refractivity contribution in [2.24, 2.45) is 0 Å². The van der Waals surface area contributed by atoms with E-state index in [9.17, 15) is 9.59 Å². The number of ether oxygens (including phenoxy) is 3. The molecule has 2 heterocycles. The minimum atomic E-state index is -0.492. The summed E-state index contributed by atoms with van der Waals surface area (Å²) in [6, 6.07) is 10.4. The lowest BCUT2D eigenvalue weighted by Crippen LogP contribution is -2.17. The lowest BCUT2D eigenvalue weighted by atomic mass is 9.97. The van der Waals surface area contributed by atoms with Gasteiger partial charge < -0.3 is 14.2 Å².